The number of nitrogens with zero attached hydrogens (tertiary/aromatic N) is 1. The fraction of sp³-hybridized carbons (Fsp3) is 0. The summed E-state index contributed by atoms with van der Waals surface area (Å²) in [5.41, 5.74) is 1.11. The van der Waals surface area contributed by atoms with Crippen LogP contribution in [0.3, 0.4) is 0 Å². The number of hydrogen-bond donors (Lipinski definition) is 0. The van der Waals surface area contributed by atoms with Crippen LogP contribution >= 0.6 is 11.6 Å². The van der Waals surface area contributed by atoms with Crippen LogP contribution in [0.2, 0.25) is 5.02 Å². The molecule has 3 aromatic carbocycles. The number of benzene rings is 3. The maximum Gasteiger partial charge on any atom is 0.379 e. The van der Waals surface area contributed by atoms with E-state index in [-0.39, 0.29) is 40.1 Å². The third-order valence-electron chi connectivity index (χ3n) is 4.91. The molecule has 0 amide bonds. The molecule has 0 atom stereocenters. The van der Waals surface area contributed by atoms with E-state index in [9.17, 15) is 19.7 Å². The first-order valence-corrected chi connectivity index (χ1v) is 9.99. The number of furan rings is 1. The third kappa shape index (κ3) is 3.95. The Morgan fingerprint density at radius 2 is 1.91 bits per heavy atom. The van der Waals surface area contributed by atoms with Crippen LogP contribution in [0.4, 0.5) is 5.69 Å². The van der Waals surface area contributed by atoms with Gasteiger partial charge in [0.25, 0.3) is 5.69 Å². The zero-order chi connectivity index (χ0) is 23.1. The largest absolute Gasteiger partial charge is 0.452 e. The van der Waals surface area contributed by atoms with Crippen molar-refractivity contribution < 1.29 is 28.4 Å². The molecule has 0 radical (unpaired) electrons. The van der Waals surface area contributed by atoms with Crippen LogP contribution in [-0.4, -0.2) is 16.7 Å². The van der Waals surface area contributed by atoms with Crippen molar-refractivity contribution in [2.24, 2.45) is 0 Å². The lowest BCUT2D eigenvalue weighted by atomic mass is 10.1. The van der Waals surface area contributed by atoms with Crippen LogP contribution < -0.4 is 9.47 Å². The molecule has 162 valence electrons. The van der Waals surface area contributed by atoms with Crippen molar-refractivity contribution >= 4 is 46.1 Å². The highest BCUT2D eigenvalue weighted by Gasteiger charge is 2.28. The minimum Gasteiger partial charge on any atom is -0.452 e. The molecule has 0 N–H and O–H groups in total. The molecule has 4 aromatic rings. The lowest BCUT2D eigenvalue weighted by Gasteiger charge is -2.04. The van der Waals surface area contributed by atoms with Gasteiger partial charge >= 0.3 is 5.97 Å². The van der Waals surface area contributed by atoms with Crippen molar-refractivity contribution in [1.29, 1.82) is 0 Å². The average molecular weight is 462 g/mol. The topological polar surface area (TPSA) is 109 Å². The van der Waals surface area contributed by atoms with Crippen LogP contribution in [0.1, 0.15) is 26.5 Å². The quantitative estimate of drug-likeness (QED) is 0.124. The Hall–Kier alpha value is -4.43. The molecule has 1 aliphatic rings. The molecule has 33 heavy (non-hydrogen) atoms. The number of carbonyl (C=O) groups excluding carboxylic acids is 2. The maximum atomic E-state index is 12.6. The first-order chi connectivity index (χ1) is 15.9. The highest BCUT2D eigenvalue weighted by Crippen LogP contribution is 2.35. The second-order valence-electron chi connectivity index (χ2n) is 7.13. The summed E-state index contributed by atoms with van der Waals surface area (Å²) in [7, 11) is 0. The molecule has 0 saturated carbocycles. The SMILES string of the molecule is O=C(Oc1ccc2c(c1)O/C(=C\c1cccc([N+](=O)[O-])c1)C2=O)c1cc2cc(Cl)ccc2o1. The van der Waals surface area contributed by atoms with Crippen LogP contribution in [-0.2, 0) is 0 Å². The van der Waals surface area contributed by atoms with Gasteiger partial charge in [0.15, 0.2) is 5.76 Å². The summed E-state index contributed by atoms with van der Waals surface area (Å²) in [5, 5.41) is 12.1. The molecule has 0 bridgehead atoms. The Morgan fingerprint density at radius 1 is 1.06 bits per heavy atom. The van der Waals surface area contributed by atoms with Gasteiger partial charge in [-0.1, -0.05) is 23.7 Å². The Labute approximate surface area is 190 Å². The van der Waals surface area contributed by atoms with E-state index < -0.39 is 10.9 Å². The van der Waals surface area contributed by atoms with Gasteiger partial charge < -0.3 is 13.9 Å². The Balaban J connectivity index is 1.37. The first-order valence-electron chi connectivity index (χ1n) is 9.61. The summed E-state index contributed by atoms with van der Waals surface area (Å²) in [5.74, 6) is -0.748. The normalized spacial score (nSPS) is 13.7. The molecule has 0 spiro atoms. The van der Waals surface area contributed by atoms with Crippen LogP contribution in [0.15, 0.2) is 76.9 Å². The number of esters is 1. The standard InChI is InChI=1S/C24H12ClNO7/c25-15-4-7-19-14(10-15)11-22(32-19)24(28)31-17-5-6-18-20(12-17)33-21(23(18)27)9-13-2-1-3-16(8-13)26(29)30/h1-12H/b21-9-. The molecule has 5 rings (SSSR count). The van der Waals surface area contributed by atoms with Gasteiger partial charge in [0.1, 0.15) is 17.1 Å². The number of hydrogen-bond acceptors (Lipinski definition) is 7. The van der Waals surface area contributed by atoms with E-state index in [4.69, 9.17) is 25.5 Å². The zero-order valence-corrected chi connectivity index (χ0v) is 17.4. The van der Waals surface area contributed by atoms with Crippen molar-refractivity contribution in [2.75, 3.05) is 0 Å². The van der Waals surface area contributed by atoms with Crippen molar-refractivity contribution in [2.45, 2.75) is 0 Å². The Kier molecular flexibility index (Phi) is 4.91. The van der Waals surface area contributed by atoms with E-state index in [0.29, 0.717) is 21.6 Å². The fourth-order valence-corrected chi connectivity index (χ4v) is 3.56. The number of ketones is 1. The van der Waals surface area contributed by atoms with Gasteiger partial charge in [0, 0.05) is 28.6 Å². The zero-order valence-electron chi connectivity index (χ0n) is 16.6. The van der Waals surface area contributed by atoms with Gasteiger partial charge in [0.2, 0.25) is 11.5 Å². The average Bonchev–Trinajstić information content (AvgIpc) is 3.34. The van der Waals surface area contributed by atoms with E-state index in [1.165, 1.54) is 48.5 Å². The second kappa shape index (κ2) is 7.92. The summed E-state index contributed by atoms with van der Waals surface area (Å²) in [6, 6.07) is 16.7. The van der Waals surface area contributed by atoms with Crippen molar-refractivity contribution in [3.8, 4) is 11.5 Å². The Morgan fingerprint density at radius 3 is 2.73 bits per heavy atom. The monoisotopic (exact) mass is 461 g/mol. The van der Waals surface area contributed by atoms with E-state index in [1.54, 1.807) is 24.3 Å². The van der Waals surface area contributed by atoms with Gasteiger partial charge in [-0.2, -0.15) is 0 Å². The smallest absolute Gasteiger partial charge is 0.379 e. The molecular weight excluding hydrogens is 450 g/mol. The van der Waals surface area contributed by atoms with Crippen LogP contribution in [0.5, 0.6) is 11.5 Å². The second-order valence-corrected chi connectivity index (χ2v) is 7.57. The molecule has 0 saturated heterocycles. The number of fused-ring (bicyclic) bond motifs is 2. The number of Topliss-reactive ketones (excluding diaryl/α,β-unsaturated/α-hetero) is 1. The number of nitro groups is 1. The highest BCUT2D eigenvalue weighted by atomic mass is 35.5. The van der Waals surface area contributed by atoms with Crippen molar-refractivity contribution in [1.82, 2.24) is 0 Å². The molecular formula is C24H12ClNO7. The van der Waals surface area contributed by atoms with E-state index in [0.717, 1.165) is 0 Å². The summed E-state index contributed by atoms with van der Waals surface area (Å²) >= 11 is 5.95. The van der Waals surface area contributed by atoms with Crippen molar-refractivity contribution in [3.63, 3.8) is 0 Å². The van der Waals surface area contributed by atoms with Gasteiger partial charge in [-0.3, -0.25) is 14.9 Å². The molecule has 0 fully saturated rings. The third-order valence-corrected chi connectivity index (χ3v) is 5.15. The molecule has 8 nitrogen and oxygen atoms in total. The van der Waals surface area contributed by atoms with E-state index in [1.807, 2.05) is 0 Å². The number of non-ortho nitro benzene ring substituents is 1. The molecule has 1 aromatic heterocycles. The van der Waals surface area contributed by atoms with Gasteiger partial charge in [-0.05, 0) is 48.0 Å². The molecule has 0 unspecified atom stereocenters. The lowest BCUT2D eigenvalue weighted by Crippen LogP contribution is -2.07. The predicted octanol–water partition coefficient (Wildman–Crippen LogP) is 5.83. The number of rotatable bonds is 4. The molecule has 9 heteroatoms. The van der Waals surface area contributed by atoms with Gasteiger partial charge in [0.05, 0.1) is 10.5 Å². The summed E-state index contributed by atoms with van der Waals surface area (Å²) in [4.78, 5) is 35.6. The minimum atomic E-state index is -0.723. The number of nitro benzene ring substituents is 1. The van der Waals surface area contributed by atoms with Crippen LogP contribution in [0.25, 0.3) is 17.0 Å². The number of carbonyl (C=O) groups is 2. The molecule has 2 heterocycles. The summed E-state index contributed by atoms with van der Waals surface area (Å²) < 4.78 is 16.5. The lowest BCUT2D eigenvalue weighted by molar-refractivity contribution is -0.384. The summed E-state index contributed by atoms with van der Waals surface area (Å²) in [6.07, 6.45) is 1.42. The number of ether oxygens (including phenoxy) is 2. The highest BCUT2D eigenvalue weighted by molar-refractivity contribution is 6.31. The van der Waals surface area contributed by atoms with Gasteiger partial charge in [-0.25, -0.2) is 4.79 Å². The first kappa shape index (κ1) is 20.5. The predicted molar refractivity (Wildman–Crippen MR) is 119 cm³/mol. The van der Waals surface area contributed by atoms with E-state index >= 15 is 0 Å². The van der Waals surface area contributed by atoms with E-state index in [2.05, 4.69) is 0 Å². The molecule has 1 aliphatic heterocycles. The minimum absolute atomic E-state index is 0.00290. The maximum absolute atomic E-state index is 12.6. The number of halogens is 1. The summed E-state index contributed by atoms with van der Waals surface area (Å²) in [6.45, 7) is 0. The van der Waals surface area contributed by atoms with Crippen molar-refractivity contribution in [3.05, 3.63) is 105 Å². The Bertz CT molecular complexity index is 1500. The van der Waals surface area contributed by atoms with Crippen LogP contribution in [0, 0.1) is 10.1 Å². The number of allylic oxidation sites excluding steroid dienone is 1. The molecule has 0 aliphatic carbocycles. The fourth-order valence-electron chi connectivity index (χ4n) is 3.38. The van der Waals surface area contributed by atoms with Gasteiger partial charge in [-0.15, -0.1) is 0 Å².